The number of carbonyl (C=O) groups is 2. The SMILES string of the molecule is C[C@@H]1CN(C(=O)CCC2CCCCN2)C[C@H]1C(=O)O. The lowest BCUT2D eigenvalue weighted by Gasteiger charge is -2.24. The first-order valence-electron chi connectivity index (χ1n) is 7.32. The highest BCUT2D eigenvalue weighted by molar-refractivity contribution is 5.79. The number of nitrogens with one attached hydrogen (secondary N) is 1. The monoisotopic (exact) mass is 268 g/mol. The summed E-state index contributed by atoms with van der Waals surface area (Å²) >= 11 is 0. The number of amides is 1. The predicted molar refractivity (Wildman–Crippen MR) is 71.7 cm³/mol. The molecule has 0 bridgehead atoms. The fourth-order valence-electron chi connectivity index (χ4n) is 3.12. The molecule has 2 aliphatic rings. The van der Waals surface area contributed by atoms with E-state index in [1.807, 2.05) is 6.92 Å². The summed E-state index contributed by atoms with van der Waals surface area (Å²) in [5.41, 5.74) is 0. The van der Waals surface area contributed by atoms with Crippen molar-refractivity contribution in [2.24, 2.45) is 11.8 Å². The van der Waals surface area contributed by atoms with Crippen molar-refractivity contribution >= 4 is 11.9 Å². The number of piperidine rings is 1. The Hall–Kier alpha value is -1.10. The predicted octanol–water partition coefficient (Wildman–Crippen LogP) is 1.09. The fraction of sp³-hybridized carbons (Fsp3) is 0.857. The molecule has 108 valence electrons. The maximum atomic E-state index is 12.1. The van der Waals surface area contributed by atoms with Gasteiger partial charge < -0.3 is 15.3 Å². The van der Waals surface area contributed by atoms with Crippen LogP contribution in [0.5, 0.6) is 0 Å². The van der Waals surface area contributed by atoms with Crippen LogP contribution in [-0.4, -0.2) is 47.6 Å². The van der Waals surface area contributed by atoms with Gasteiger partial charge in [0.05, 0.1) is 5.92 Å². The van der Waals surface area contributed by atoms with E-state index < -0.39 is 11.9 Å². The molecule has 0 saturated carbocycles. The smallest absolute Gasteiger partial charge is 0.308 e. The summed E-state index contributed by atoms with van der Waals surface area (Å²) in [7, 11) is 0. The summed E-state index contributed by atoms with van der Waals surface area (Å²) in [5, 5.41) is 12.5. The van der Waals surface area contributed by atoms with E-state index in [9.17, 15) is 9.59 Å². The van der Waals surface area contributed by atoms with Gasteiger partial charge in [-0.05, 0) is 31.7 Å². The zero-order valence-corrected chi connectivity index (χ0v) is 11.6. The molecule has 0 aromatic rings. The first-order valence-corrected chi connectivity index (χ1v) is 7.32. The number of likely N-dealkylation sites (tertiary alicyclic amines) is 1. The van der Waals surface area contributed by atoms with Crippen LogP contribution in [-0.2, 0) is 9.59 Å². The molecule has 0 aromatic carbocycles. The molecule has 0 radical (unpaired) electrons. The average Bonchev–Trinajstić information content (AvgIpc) is 2.79. The van der Waals surface area contributed by atoms with Crippen LogP contribution in [0, 0.1) is 11.8 Å². The van der Waals surface area contributed by atoms with Gasteiger partial charge in [-0.15, -0.1) is 0 Å². The Balaban J connectivity index is 1.76. The van der Waals surface area contributed by atoms with Crippen molar-refractivity contribution in [2.75, 3.05) is 19.6 Å². The van der Waals surface area contributed by atoms with Crippen molar-refractivity contribution in [3.05, 3.63) is 0 Å². The molecule has 1 unspecified atom stereocenters. The number of carboxylic acid groups (broad SMARTS) is 1. The number of hydrogen-bond donors (Lipinski definition) is 2. The first-order chi connectivity index (χ1) is 9.08. The highest BCUT2D eigenvalue weighted by Crippen LogP contribution is 2.24. The molecule has 2 heterocycles. The Labute approximate surface area is 114 Å². The second kappa shape index (κ2) is 6.37. The van der Waals surface area contributed by atoms with E-state index in [-0.39, 0.29) is 11.8 Å². The second-order valence-corrected chi connectivity index (χ2v) is 5.91. The number of carboxylic acids is 1. The van der Waals surface area contributed by atoms with E-state index >= 15 is 0 Å². The fourth-order valence-corrected chi connectivity index (χ4v) is 3.12. The molecule has 2 saturated heterocycles. The third-order valence-electron chi connectivity index (χ3n) is 4.40. The normalized spacial score (nSPS) is 31.4. The van der Waals surface area contributed by atoms with E-state index in [2.05, 4.69) is 5.32 Å². The highest BCUT2D eigenvalue weighted by Gasteiger charge is 2.36. The summed E-state index contributed by atoms with van der Waals surface area (Å²) in [6.45, 7) is 3.94. The summed E-state index contributed by atoms with van der Waals surface area (Å²) in [6.07, 6.45) is 5.04. The van der Waals surface area contributed by atoms with Gasteiger partial charge in [0.25, 0.3) is 0 Å². The van der Waals surface area contributed by atoms with Gasteiger partial charge in [-0.2, -0.15) is 0 Å². The maximum Gasteiger partial charge on any atom is 0.308 e. The summed E-state index contributed by atoms with van der Waals surface area (Å²) < 4.78 is 0. The minimum Gasteiger partial charge on any atom is -0.481 e. The van der Waals surface area contributed by atoms with Gasteiger partial charge in [0.2, 0.25) is 5.91 Å². The molecule has 3 atom stereocenters. The number of nitrogens with zero attached hydrogens (tertiary/aromatic N) is 1. The van der Waals surface area contributed by atoms with Crippen molar-refractivity contribution < 1.29 is 14.7 Å². The molecule has 2 rings (SSSR count). The Morgan fingerprint density at radius 3 is 2.68 bits per heavy atom. The Bertz CT molecular complexity index is 340. The van der Waals surface area contributed by atoms with Crippen LogP contribution in [0.3, 0.4) is 0 Å². The van der Waals surface area contributed by atoms with E-state index in [1.54, 1.807) is 4.90 Å². The van der Waals surface area contributed by atoms with Crippen LogP contribution >= 0.6 is 0 Å². The average molecular weight is 268 g/mol. The largest absolute Gasteiger partial charge is 0.481 e. The van der Waals surface area contributed by atoms with Gasteiger partial charge in [-0.25, -0.2) is 0 Å². The van der Waals surface area contributed by atoms with Gasteiger partial charge in [-0.3, -0.25) is 9.59 Å². The van der Waals surface area contributed by atoms with E-state index in [0.717, 1.165) is 19.4 Å². The molecular weight excluding hydrogens is 244 g/mol. The number of carbonyl (C=O) groups excluding carboxylic acids is 1. The molecule has 19 heavy (non-hydrogen) atoms. The summed E-state index contributed by atoms with van der Waals surface area (Å²) in [5.74, 6) is -0.995. The molecule has 0 spiro atoms. The number of hydrogen-bond acceptors (Lipinski definition) is 3. The molecule has 0 aromatic heterocycles. The van der Waals surface area contributed by atoms with Crippen LogP contribution in [0.1, 0.15) is 39.0 Å². The van der Waals surface area contributed by atoms with Gasteiger partial charge in [0, 0.05) is 25.6 Å². The second-order valence-electron chi connectivity index (χ2n) is 5.91. The highest BCUT2D eigenvalue weighted by atomic mass is 16.4. The molecule has 2 fully saturated rings. The van der Waals surface area contributed by atoms with Gasteiger partial charge >= 0.3 is 5.97 Å². The molecule has 2 aliphatic heterocycles. The van der Waals surface area contributed by atoms with Crippen LogP contribution in [0.4, 0.5) is 0 Å². The lowest BCUT2D eigenvalue weighted by molar-refractivity contribution is -0.142. The standard InChI is InChI=1S/C14H24N2O3/c1-10-8-16(9-12(10)14(18)19)13(17)6-5-11-4-2-3-7-15-11/h10-12,15H,2-9H2,1H3,(H,18,19)/t10-,11?,12-/m1/s1. The van der Waals surface area contributed by atoms with E-state index in [1.165, 1.54) is 12.8 Å². The van der Waals surface area contributed by atoms with Crippen molar-refractivity contribution in [1.82, 2.24) is 10.2 Å². The van der Waals surface area contributed by atoms with Crippen LogP contribution < -0.4 is 5.32 Å². The number of rotatable bonds is 4. The zero-order chi connectivity index (χ0) is 13.8. The summed E-state index contributed by atoms with van der Waals surface area (Å²) in [4.78, 5) is 24.9. The molecule has 0 aliphatic carbocycles. The zero-order valence-electron chi connectivity index (χ0n) is 11.6. The Morgan fingerprint density at radius 2 is 2.11 bits per heavy atom. The van der Waals surface area contributed by atoms with Gasteiger partial charge in [0.1, 0.15) is 0 Å². The van der Waals surface area contributed by atoms with Crippen molar-refractivity contribution in [2.45, 2.75) is 45.1 Å². The number of aliphatic carboxylic acids is 1. The van der Waals surface area contributed by atoms with E-state index in [0.29, 0.717) is 25.6 Å². The lowest BCUT2D eigenvalue weighted by Crippen LogP contribution is -2.36. The van der Waals surface area contributed by atoms with Crippen molar-refractivity contribution in [1.29, 1.82) is 0 Å². The van der Waals surface area contributed by atoms with Crippen molar-refractivity contribution in [3.8, 4) is 0 Å². The minimum absolute atomic E-state index is 0.0641. The topological polar surface area (TPSA) is 69.6 Å². The summed E-state index contributed by atoms with van der Waals surface area (Å²) in [6, 6.07) is 0.466. The quantitative estimate of drug-likeness (QED) is 0.800. The Morgan fingerprint density at radius 1 is 1.32 bits per heavy atom. The van der Waals surface area contributed by atoms with Crippen LogP contribution in [0.2, 0.25) is 0 Å². The van der Waals surface area contributed by atoms with Gasteiger partial charge in [0.15, 0.2) is 0 Å². The minimum atomic E-state index is -0.781. The first kappa shape index (κ1) is 14.3. The molecule has 5 heteroatoms. The van der Waals surface area contributed by atoms with Crippen LogP contribution in [0.15, 0.2) is 0 Å². The Kier molecular flexibility index (Phi) is 4.80. The molecular formula is C14H24N2O3. The van der Waals surface area contributed by atoms with Crippen molar-refractivity contribution in [3.63, 3.8) is 0 Å². The van der Waals surface area contributed by atoms with Gasteiger partial charge in [-0.1, -0.05) is 13.3 Å². The molecule has 1 amide bonds. The molecule has 2 N–H and O–H groups in total. The van der Waals surface area contributed by atoms with E-state index in [4.69, 9.17) is 5.11 Å². The molecule has 5 nitrogen and oxygen atoms in total. The van der Waals surface area contributed by atoms with Crippen LogP contribution in [0.25, 0.3) is 0 Å². The third-order valence-corrected chi connectivity index (χ3v) is 4.40. The maximum absolute atomic E-state index is 12.1. The lowest BCUT2D eigenvalue weighted by atomic mass is 9.99. The third kappa shape index (κ3) is 3.69.